The van der Waals surface area contributed by atoms with E-state index in [0.29, 0.717) is 12.3 Å². The third-order valence-electron chi connectivity index (χ3n) is 2.59. The number of carboxylic acids is 1. The first-order chi connectivity index (χ1) is 8.35. The molecule has 0 amide bonds. The predicted molar refractivity (Wildman–Crippen MR) is 75.6 cm³/mol. The van der Waals surface area contributed by atoms with Crippen molar-refractivity contribution in [3.8, 4) is 0 Å². The highest BCUT2D eigenvalue weighted by atomic mass is 32.2. The number of aliphatic hydroxyl groups is 1. The Balaban J connectivity index is 2.71. The average molecular weight is 269 g/mol. The zero-order valence-electron chi connectivity index (χ0n) is 10.9. The summed E-state index contributed by atoms with van der Waals surface area (Å²) in [5.74, 6) is -0.286. The minimum Gasteiger partial charge on any atom is -0.478 e. The molecule has 5 heteroatoms. The SMILES string of the molecule is CSCC(C)(O)CNc1ccc(C(=O)O)cc1C. The van der Waals surface area contributed by atoms with Gasteiger partial charge in [0, 0.05) is 18.0 Å². The number of nitrogens with one attached hydrogen (secondary N) is 1. The summed E-state index contributed by atoms with van der Waals surface area (Å²) in [4.78, 5) is 10.8. The van der Waals surface area contributed by atoms with Crippen molar-refractivity contribution in [2.75, 3.05) is 23.9 Å². The number of anilines is 1. The van der Waals surface area contributed by atoms with Crippen molar-refractivity contribution in [3.63, 3.8) is 0 Å². The van der Waals surface area contributed by atoms with Crippen LogP contribution >= 0.6 is 11.8 Å². The molecular formula is C13H19NO3S. The minimum atomic E-state index is -0.931. The zero-order chi connectivity index (χ0) is 13.8. The maximum absolute atomic E-state index is 10.8. The fraction of sp³-hybridized carbons (Fsp3) is 0.462. The molecule has 1 atom stereocenters. The van der Waals surface area contributed by atoms with Crippen LogP contribution in [0, 0.1) is 6.92 Å². The van der Waals surface area contributed by atoms with E-state index in [1.54, 1.807) is 36.9 Å². The number of carbonyl (C=O) groups is 1. The molecule has 0 saturated carbocycles. The highest BCUT2D eigenvalue weighted by Gasteiger charge is 2.19. The summed E-state index contributed by atoms with van der Waals surface area (Å²) in [6.45, 7) is 4.05. The molecule has 0 heterocycles. The summed E-state index contributed by atoms with van der Waals surface area (Å²) in [7, 11) is 0. The van der Waals surface area contributed by atoms with E-state index in [4.69, 9.17) is 5.11 Å². The molecule has 0 fully saturated rings. The first-order valence-electron chi connectivity index (χ1n) is 5.65. The van der Waals surface area contributed by atoms with E-state index < -0.39 is 11.6 Å². The molecule has 3 N–H and O–H groups in total. The van der Waals surface area contributed by atoms with Gasteiger partial charge in [-0.2, -0.15) is 11.8 Å². The van der Waals surface area contributed by atoms with Crippen LogP contribution in [0.25, 0.3) is 0 Å². The summed E-state index contributed by atoms with van der Waals surface area (Å²) in [5, 5.41) is 22.0. The van der Waals surface area contributed by atoms with Crippen molar-refractivity contribution >= 4 is 23.4 Å². The van der Waals surface area contributed by atoms with Crippen molar-refractivity contribution < 1.29 is 15.0 Å². The van der Waals surface area contributed by atoms with Crippen molar-refractivity contribution in [3.05, 3.63) is 29.3 Å². The predicted octanol–water partition coefficient (Wildman–Crippen LogP) is 2.22. The topological polar surface area (TPSA) is 69.6 Å². The molecule has 1 aromatic carbocycles. The van der Waals surface area contributed by atoms with Gasteiger partial charge in [0.15, 0.2) is 0 Å². The number of hydrogen-bond acceptors (Lipinski definition) is 4. The van der Waals surface area contributed by atoms with E-state index in [9.17, 15) is 9.90 Å². The Morgan fingerprint density at radius 3 is 2.67 bits per heavy atom. The second kappa shape index (κ2) is 6.11. The third kappa shape index (κ3) is 4.23. The Morgan fingerprint density at radius 2 is 2.17 bits per heavy atom. The van der Waals surface area contributed by atoms with Crippen LogP contribution in [0.5, 0.6) is 0 Å². The van der Waals surface area contributed by atoms with E-state index in [2.05, 4.69) is 5.32 Å². The van der Waals surface area contributed by atoms with Crippen LogP contribution < -0.4 is 5.32 Å². The Labute approximate surface area is 111 Å². The quantitative estimate of drug-likeness (QED) is 0.738. The molecule has 18 heavy (non-hydrogen) atoms. The first kappa shape index (κ1) is 14.9. The molecule has 0 bridgehead atoms. The van der Waals surface area contributed by atoms with Crippen molar-refractivity contribution in [1.82, 2.24) is 0 Å². The lowest BCUT2D eigenvalue weighted by Crippen LogP contribution is -2.36. The van der Waals surface area contributed by atoms with Crippen LogP contribution in [-0.2, 0) is 0 Å². The second-order valence-electron chi connectivity index (χ2n) is 4.62. The summed E-state index contributed by atoms with van der Waals surface area (Å²) < 4.78 is 0. The van der Waals surface area contributed by atoms with E-state index in [1.165, 1.54) is 0 Å². The van der Waals surface area contributed by atoms with Gasteiger partial charge in [-0.1, -0.05) is 0 Å². The van der Waals surface area contributed by atoms with Gasteiger partial charge < -0.3 is 15.5 Å². The van der Waals surface area contributed by atoms with Gasteiger partial charge in [0.25, 0.3) is 0 Å². The maximum Gasteiger partial charge on any atom is 0.335 e. The lowest BCUT2D eigenvalue weighted by atomic mass is 10.1. The molecule has 1 unspecified atom stereocenters. The van der Waals surface area contributed by atoms with Crippen LogP contribution in [0.15, 0.2) is 18.2 Å². The number of aryl methyl sites for hydroxylation is 1. The van der Waals surface area contributed by atoms with Gasteiger partial charge in [0.1, 0.15) is 0 Å². The molecule has 100 valence electrons. The molecule has 0 aromatic heterocycles. The largest absolute Gasteiger partial charge is 0.478 e. The molecule has 1 rings (SSSR count). The van der Waals surface area contributed by atoms with Gasteiger partial charge in [-0.3, -0.25) is 0 Å². The van der Waals surface area contributed by atoms with Gasteiger partial charge in [-0.25, -0.2) is 4.79 Å². The second-order valence-corrected chi connectivity index (χ2v) is 5.48. The lowest BCUT2D eigenvalue weighted by Gasteiger charge is -2.23. The van der Waals surface area contributed by atoms with Gasteiger partial charge in [-0.15, -0.1) is 0 Å². The number of hydrogen-bond donors (Lipinski definition) is 3. The summed E-state index contributed by atoms with van der Waals surface area (Å²) >= 11 is 1.59. The van der Waals surface area contributed by atoms with Gasteiger partial charge in [0.2, 0.25) is 0 Å². The fourth-order valence-corrected chi connectivity index (χ4v) is 2.37. The Hall–Kier alpha value is -1.20. The molecule has 4 nitrogen and oxygen atoms in total. The summed E-state index contributed by atoms with van der Waals surface area (Å²) in [6.07, 6.45) is 1.95. The summed E-state index contributed by atoms with van der Waals surface area (Å²) in [6, 6.07) is 4.91. The molecule has 0 radical (unpaired) electrons. The Kier molecular flexibility index (Phi) is 5.04. The van der Waals surface area contributed by atoms with Crippen LogP contribution in [0.2, 0.25) is 0 Å². The molecule has 0 spiro atoms. The number of aromatic carboxylic acids is 1. The first-order valence-corrected chi connectivity index (χ1v) is 7.04. The standard InChI is InChI=1S/C13H19NO3S/c1-9-6-10(12(15)16)4-5-11(9)14-7-13(2,17)8-18-3/h4-6,14,17H,7-8H2,1-3H3,(H,15,16). The monoisotopic (exact) mass is 269 g/mol. The molecule has 0 aliphatic rings. The average Bonchev–Trinajstić information content (AvgIpc) is 2.27. The lowest BCUT2D eigenvalue weighted by molar-refractivity contribution is 0.0696. The van der Waals surface area contributed by atoms with Crippen LogP contribution in [0.3, 0.4) is 0 Å². The Bertz CT molecular complexity index is 432. The number of benzene rings is 1. The van der Waals surface area contributed by atoms with Gasteiger partial charge in [0.05, 0.1) is 11.2 Å². The maximum atomic E-state index is 10.8. The molecule has 0 saturated heterocycles. The van der Waals surface area contributed by atoms with Crippen LogP contribution in [0.4, 0.5) is 5.69 Å². The molecule has 1 aromatic rings. The normalized spacial score (nSPS) is 14.0. The van der Waals surface area contributed by atoms with Crippen molar-refractivity contribution in [2.24, 2.45) is 0 Å². The molecular weight excluding hydrogens is 250 g/mol. The van der Waals surface area contributed by atoms with Gasteiger partial charge in [-0.05, 0) is 43.9 Å². The van der Waals surface area contributed by atoms with Crippen molar-refractivity contribution in [1.29, 1.82) is 0 Å². The van der Waals surface area contributed by atoms with E-state index in [-0.39, 0.29) is 5.56 Å². The number of rotatable bonds is 6. The van der Waals surface area contributed by atoms with E-state index in [0.717, 1.165) is 11.3 Å². The smallest absolute Gasteiger partial charge is 0.335 e. The minimum absolute atomic E-state index is 0.272. The fourth-order valence-electron chi connectivity index (χ4n) is 1.64. The van der Waals surface area contributed by atoms with E-state index in [1.807, 2.05) is 13.2 Å². The highest BCUT2D eigenvalue weighted by molar-refractivity contribution is 7.98. The van der Waals surface area contributed by atoms with Crippen LogP contribution in [-0.4, -0.2) is 40.3 Å². The van der Waals surface area contributed by atoms with E-state index >= 15 is 0 Å². The zero-order valence-corrected chi connectivity index (χ0v) is 11.7. The third-order valence-corrected chi connectivity index (χ3v) is 3.50. The molecule has 0 aliphatic carbocycles. The summed E-state index contributed by atoms with van der Waals surface area (Å²) in [5.41, 5.74) is 1.20. The van der Waals surface area contributed by atoms with Crippen molar-refractivity contribution in [2.45, 2.75) is 19.4 Å². The molecule has 0 aliphatic heterocycles. The number of thioether (sulfide) groups is 1. The number of carboxylic acid groups (broad SMARTS) is 1. The van der Waals surface area contributed by atoms with Gasteiger partial charge >= 0.3 is 5.97 Å². The Morgan fingerprint density at radius 1 is 1.50 bits per heavy atom. The highest BCUT2D eigenvalue weighted by Crippen LogP contribution is 2.18. The van der Waals surface area contributed by atoms with Crippen LogP contribution in [0.1, 0.15) is 22.8 Å².